The minimum Gasteiger partial charge on any atom is -0.494 e. The number of ketones is 1. The van der Waals surface area contributed by atoms with Gasteiger partial charge in [-0.25, -0.2) is 0 Å². The zero-order valence-corrected chi connectivity index (χ0v) is 16.9. The Morgan fingerprint density at radius 3 is 2.23 bits per heavy atom. The van der Waals surface area contributed by atoms with E-state index >= 15 is 0 Å². The van der Waals surface area contributed by atoms with Gasteiger partial charge in [0.15, 0.2) is 12.4 Å². The van der Waals surface area contributed by atoms with Crippen LogP contribution in [-0.2, 0) is 19.1 Å². The van der Waals surface area contributed by atoms with Gasteiger partial charge in [-0.1, -0.05) is 12.1 Å². The van der Waals surface area contributed by atoms with Crippen molar-refractivity contribution >= 4 is 34.9 Å². The van der Waals surface area contributed by atoms with Gasteiger partial charge in [0.2, 0.25) is 5.91 Å². The summed E-state index contributed by atoms with van der Waals surface area (Å²) in [6.45, 7) is 3.40. The topological polar surface area (TPSA) is 111 Å². The van der Waals surface area contributed by atoms with Crippen molar-refractivity contribution in [3.05, 3.63) is 54.1 Å². The Balaban J connectivity index is 1.70. The van der Waals surface area contributed by atoms with E-state index in [9.17, 15) is 19.2 Å². The number of anilines is 2. The molecule has 0 aliphatic heterocycles. The molecule has 0 saturated carbocycles. The normalized spacial score (nSPS) is 10.1. The molecule has 0 atom stereocenters. The van der Waals surface area contributed by atoms with Gasteiger partial charge in [0.05, 0.1) is 13.0 Å². The number of hydrogen-bond donors (Lipinski definition) is 2. The number of benzene rings is 2. The van der Waals surface area contributed by atoms with Gasteiger partial charge in [-0.05, 0) is 50.2 Å². The van der Waals surface area contributed by atoms with Crippen LogP contribution in [0.3, 0.4) is 0 Å². The van der Waals surface area contributed by atoms with Gasteiger partial charge in [0.25, 0.3) is 5.91 Å². The number of hydrogen-bond acceptors (Lipinski definition) is 6. The predicted molar refractivity (Wildman–Crippen MR) is 112 cm³/mol. The van der Waals surface area contributed by atoms with Gasteiger partial charge in [0.1, 0.15) is 5.75 Å². The molecule has 2 rings (SSSR count). The van der Waals surface area contributed by atoms with Gasteiger partial charge in [-0.2, -0.15) is 0 Å². The average Bonchev–Trinajstić information content (AvgIpc) is 2.72. The third kappa shape index (κ3) is 7.75. The summed E-state index contributed by atoms with van der Waals surface area (Å²) >= 11 is 0. The van der Waals surface area contributed by atoms with Crippen LogP contribution in [0.4, 0.5) is 11.4 Å². The zero-order valence-electron chi connectivity index (χ0n) is 16.9. The molecule has 2 aromatic rings. The van der Waals surface area contributed by atoms with Crippen LogP contribution in [0.5, 0.6) is 5.75 Å². The molecule has 0 fully saturated rings. The first kappa shape index (κ1) is 22.6. The lowest BCUT2D eigenvalue weighted by molar-refractivity contribution is -0.147. The molecule has 0 saturated heterocycles. The van der Waals surface area contributed by atoms with Gasteiger partial charge >= 0.3 is 5.97 Å². The molecule has 8 nitrogen and oxygen atoms in total. The van der Waals surface area contributed by atoms with Crippen molar-refractivity contribution in [3.63, 3.8) is 0 Å². The first-order valence-electron chi connectivity index (χ1n) is 9.46. The predicted octanol–water partition coefficient (Wildman–Crippen LogP) is 3.19. The SMILES string of the molecule is CCOc1ccc(NC(=O)COC(=O)CCC(=O)Nc2cccc(C(C)=O)c2)cc1. The van der Waals surface area contributed by atoms with Crippen LogP contribution < -0.4 is 15.4 Å². The quantitative estimate of drug-likeness (QED) is 0.458. The van der Waals surface area contributed by atoms with E-state index in [1.807, 2.05) is 6.92 Å². The summed E-state index contributed by atoms with van der Waals surface area (Å²) in [6, 6.07) is 13.3. The smallest absolute Gasteiger partial charge is 0.306 e. The fraction of sp³-hybridized carbons (Fsp3) is 0.273. The van der Waals surface area contributed by atoms with Gasteiger partial charge in [-0.3, -0.25) is 19.2 Å². The molecule has 0 aliphatic rings. The summed E-state index contributed by atoms with van der Waals surface area (Å²) in [5, 5.41) is 5.22. The van der Waals surface area contributed by atoms with Gasteiger partial charge < -0.3 is 20.1 Å². The van der Waals surface area contributed by atoms with Crippen LogP contribution in [0.1, 0.15) is 37.0 Å². The van der Waals surface area contributed by atoms with Crippen molar-refractivity contribution in [2.24, 2.45) is 0 Å². The lowest BCUT2D eigenvalue weighted by atomic mass is 10.1. The maximum atomic E-state index is 12.0. The first-order valence-corrected chi connectivity index (χ1v) is 9.46. The van der Waals surface area contributed by atoms with E-state index in [-0.39, 0.29) is 18.6 Å². The highest BCUT2D eigenvalue weighted by Gasteiger charge is 2.11. The van der Waals surface area contributed by atoms with Crippen molar-refractivity contribution in [2.75, 3.05) is 23.8 Å². The van der Waals surface area contributed by atoms with Crippen LogP contribution in [0.15, 0.2) is 48.5 Å². The van der Waals surface area contributed by atoms with E-state index in [0.717, 1.165) is 0 Å². The molecule has 0 heterocycles. The maximum Gasteiger partial charge on any atom is 0.306 e. The highest BCUT2D eigenvalue weighted by molar-refractivity contribution is 5.97. The van der Waals surface area contributed by atoms with E-state index in [2.05, 4.69) is 10.6 Å². The highest BCUT2D eigenvalue weighted by atomic mass is 16.5. The van der Waals surface area contributed by atoms with E-state index in [1.165, 1.54) is 6.92 Å². The number of carbonyl (C=O) groups excluding carboxylic acids is 4. The van der Waals surface area contributed by atoms with Crippen molar-refractivity contribution < 1.29 is 28.7 Å². The molecule has 2 N–H and O–H groups in total. The Labute approximate surface area is 174 Å². The molecule has 2 aromatic carbocycles. The highest BCUT2D eigenvalue weighted by Crippen LogP contribution is 2.15. The van der Waals surface area contributed by atoms with Gasteiger partial charge in [-0.15, -0.1) is 0 Å². The molecule has 0 aromatic heterocycles. The Kier molecular flexibility index (Phi) is 8.56. The Bertz CT molecular complexity index is 908. The summed E-state index contributed by atoms with van der Waals surface area (Å²) in [5.41, 5.74) is 1.49. The molecule has 30 heavy (non-hydrogen) atoms. The zero-order chi connectivity index (χ0) is 21.9. The molecular formula is C22H24N2O6. The summed E-state index contributed by atoms with van der Waals surface area (Å²) in [5.74, 6) is -0.972. The minimum absolute atomic E-state index is 0.107. The third-order valence-corrected chi connectivity index (χ3v) is 3.92. The molecule has 8 heteroatoms. The van der Waals surface area contributed by atoms with E-state index < -0.39 is 24.4 Å². The largest absolute Gasteiger partial charge is 0.494 e. The third-order valence-electron chi connectivity index (χ3n) is 3.92. The van der Waals surface area contributed by atoms with Crippen LogP contribution >= 0.6 is 0 Å². The van der Waals surface area contributed by atoms with Crippen LogP contribution in [0.25, 0.3) is 0 Å². The Hall–Kier alpha value is -3.68. The number of rotatable bonds is 10. The first-order chi connectivity index (χ1) is 14.4. The lowest BCUT2D eigenvalue weighted by Crippen LogP contribution is -2.21. The fourth-order valence-corrected chi connectivity index (χ4v) is 2.47. The maximum absolute atomic E-state index is 12.0. The summed E-state index contributed by atoms with van der Waals surface area (Å²) < 4.78 is 10.2. The van der Waals surface area contributed by atoms with Crippen molar-refractivity contribution in [1.82, 2.24) is 0 Å². The van der Waals surface area contributed by atoms with E-state index in [0.29, 0.717) is 29.3 Å². The van der Waals surface area contributed by atoms with Gasteiger partial charge in [0, 0.05) is 23.4 Å². The number of esters is 1. The summed E-state index contributed by atoms with van der Waals surface area (Å²) in [6.07, 6.45) is -0.280. The Morgan fingerprint density at radius 1 is 0.867 bits per heavy atom. The number of Topliss-reactive ketones (excluding diaryl/α,β-unsaturated/α-hetero) is 1. The van der Waals surface area contributed by atoms with Crippen molar-refractivity contribution in [3.8, 4) is 5.75 Å². The summed E-state index contributed by atoms with van der Waals surface area (Å²) in [4.78, 5) is 47.0. The number of amides is 2. The second-order valence-corrected chi connectivity index (χ2v) is 6.35. The van der Waals surface area contributed by atoms with Crippen molar-refractivity contribution in [2.45, 2.75) is 26.7 Å². The monoisotopic (exact) mass is 412 g/mol. The molecule has 0 unspecified atom stereocenters. The minimum atomic E-state index is -0.663. The molecule has 0 spiro atoms. The average molecular weight is 412 g/mol. The standard InChI is InChI=1S/C22H24N2O6/c1-3-29-19-9-7-17(8-10-19)23-21(27)14-30-22(28)12-11-20(26)24-18-6-4-5-16(13-18)15(2)25/h4-10,13H,3,11-12,14H2,1-2H3,(H,23,27)(H,24,26). The molecular weight excluding hydrogens is 388 g/mol. The number of nitrogens with one attached hydrogen (secondary N) is 2. The van der Waals surface area contributed by atoms with E-state index in [1.54, 1.807) is 48.5 Å². The molecule has 0 radical (unpaired) electrons. The molecule has 0 aliphatic carbocycles. The number of carbonyl (C=O) groups is 4. The fourth-order valence-electron chi connectivity index (χ4n) is 2.47. The lowest BCUT2D eigenvalue weighted by Gasteiger charge is -2.08. The van der Waals surface area contributed by atoms with Crippen LogP contribution in [0, 0.1) is 0 Å². The van der Waals surface area contributed by atoms with E-state index in [4.69, 9.17) is 9.47 Å². The number of ether oxygens (including phenoxy) is 2. The van der Waals surface area contributed by atoms with Crippen LogP contribution in [0.2, 0.25) is 0 Å². The molecule has 2 amide bonds. The summed E-state index contributed by atoms with van der Waals surface area (Å²) in [7, 11) is 0. The second kappa shape index (κ2) is 11.4. The molecule has 0 bridgehead atoms. The Morgan fingerprint density at radius 2 is 1.57 bits per heavy atom. The second-order valence-electron chi connectivity index (χ2n) is 6.35. The van der Waals surface area contributed by atoms with Crippen LogP contribution in [-0.4, -0.2) is 36.8 Å². The van der Waals surface area contributed by atoms with Crippen molar-refractivity contribution in [1.29, 1.82) is 0 Å². The molecule has 158 valence electrons.